The number of furan rings is 1. The van der Waals surface area contributed by atoms with Gasteiger partial charge in [0.1, 0.15) is 23.8 Å². The van der Waals surface area contributed by atoms with Gasteiger partial charge in [0.25, 0.3) is 5.91 Å². The van der Waals surface area contributed by atoms with E-state index in [2.05, 4.69) is 20.7 Å². The van der Waals surface area contributed by atoms with Crippen LogP contribution in [-0.2, 0) is 22.7 Å². The zero-order chi connectivity index (χ0) is 28.0. The Morgan fingerprint density at radius 2 is 1.64 bits per heavy atom. The highest BCUT2D eigenvalue weighted by Gasteiger charge is 2.35. The summed E-state index contributed by atoms with van der Waals surface area (Å²) in [5.41, 5.74) is 0.995. The van der Waals surface area contributed by atoms with Gasteiger partial charge in [-0.15, -0.1) is 10.2 Å². The third-order valence-electron chi connectivity index (χ3n) is 5.78. The van der Waals surface area contributed by atoms with Crippen molar-refractivity contribution in [1.82, 2.24) is 30.4 Å². The number of hydrogen-bond acceptors (Lipinski definition) is 8. The molecule has 1 N–H and O–H groups in total. The molecule has 0 aliphatic rings. The smallest absolute Gasteiger partial charge is 0.251 e. The lowest BCUT2D eigenvalue weighted by Gasteiger charge is -2.32. The molecule has 2 heterocycles. The maximum absolute atomic E-state index is 13.8. The van der Waals surface area contributed by atoms with E-state index in [9.17, 15) is 9.59 Å². The maximum atomic E-state index is 13.8. The molecule has 2 aromatic carbocycles. The van der Waals surface area contributed by atoms with E-state index in [0.29, 0.717) is 23.1 Å². The van der Waals surface area contributed by atoms with Gasteiger partial charge < -0.3 is 24.1 Å². The van der Waals surface area contributed by atoms with Crippen molar-refractivity contribution in [3.63, 3.8) is 0 Å². The number of nitrogens with zero attached hydrogens (tertiary/aromatic N) is 5. The fraction of sp³-hybridized carbons (Fsp3) is 0.321. The predicted molar refractivity (Wildman–Crippen MR) is 143 cm³/mol. The second kappa shape index (κ2) is 11.8. The number of benzene rings is 2. The molecule has 4 aromatic rings. The molecule has 0 radical (unpaired) electrons. The van der Waals surface area contributed by atoms with Crippen LogP contribution in [0.25, 0.3) is 11.4 Å². The lowest BCUT2D eigenvalue weighted by atomic mass is 10.1. The number of tetrazole rings is 1. The van der Waals surface area contributed by atoms with Crippen LogP contribution in [0, 0.1) is 0 Å². The standard InChI is InChI=1S/C28H32N6O5/c1-28(2,3)29-27(36)25(23-7-6-16-39-23)33(17-19-8-12-21(37-4)13-9-19)24(35)18-34-31-26(30-32-34)20-10-14-22(38-5)15-11-20/h6-16,25H,17-18H2,1-5H3,(H,29,36)/t25-/m1/s1. The lowest BCUT2D eigenvalue weighted by molar-refractivity contribution is -0.143. The van der Waals surface area contributed by atoms with Crippen LogP contribution in [0.15, 0.2) is 71.3 Å². The van der Waals surface area contributed by atoms with Crippen molar-refractivity contribution in [3.8, 4) is 22.9 Å². The number of ether oxygens (including phenoxy) is 2. The van der Waals surface area contributed by atoms with Crippen LogP contribution in [0.1, 0.15) is 38.1 Å². The Bertz CT molecular complexity index is 1380. The number of rotatable bonds is 10. The summed E-state index contributed by atoms with van der Waals surface area (Å²) in [6.07, 6.45) is 1.48. The number of aromatic nitrogens is 4. The van der Waals surface area contributed by atoms with Crippen molar-refractivity contribution < 1.29 is 23.5 Å². The second-order valence-electron chi connectivity index (χ2n) is 9.90. The number of methoxy groups -OCH3 is 2. The summed E-state index contributed by atoms with van der Waals surface area (Å²) in [6, 6.07) is 16.8. The number of hydrogen-bond donors (Lipinski definition) is 1. The van der Waals surface area contributed by atoms with E-state index in [0.717, 1.165) is 11.1 Å². The number of amides is 2. The molecule has 11 heteroatoms. The molecule has 0 aliphatic carbocycles. The fourth-order valence-electron chi connectivity index (χ4n) is 3.94. The molecule has 2 amide bonds. The first-order chi connectivity index (χ1) is 18.7. The molecule has 0 saturated carbocycles. The molecule has 39 heavy (non-hydrogen) atoms. The average molecular weight is 533 g/mol. The van der Waals surface area contributed by atoms with Crippen molar-refractivity contribution in [1.29, 1.82) is 0 Å². The zero-order valence-electron chi connectivity index (χ0n) is 22.6. The van der Waals surface area contributed by atoms with Gasteiger partial charge in [0.05, 0.1) is 20.5 Å². The van der Waals surface area contributed by atoms with E-state index >= 15 is 0 Å². The first-order valence-corrected chi connectivity index (χ1v) is 12.4. The zero-order valence-corrected chi connectivity index (χ0v) is 22.6. The van der Waals surface area contributed by atoms with Crippen LogP contribution in [0.3, 0.4) is 0 Å². The van der Waals surface area contributed by atoms with Gasteiger partial charge >= 0.3 is 0 Å². The Hall–Kier alpha value is -4.67. The van der Waals surface area contributed by atoms with E-state index in [1.807, 2.05) is 45.0 Å². The third kappa shape index (κ3) is 7.01. The molecule has 11 nitrogen and oxygen atoms in total. The molecule has 0 aliphatic heterocycles. The van der Waals surface area contributed by atoms with E-state index in [1.54, 1.807) is 50.6 Å². The van der Waals surface area contributed by atoms with Gasteiger partial charge in [-0.05, 0) is 80.1 Å². The van der Waals surface area contributed by atoms with Crippen LogP contribution in [0.5, 0.6) is 11.5 Å². The monoisotopic (exact) mass is 532 g/mol. The van der Waals surface area contributed by atoms with E-state index < -0.39 is 17.5 Å². The van der Waals surface area contributed by atoms with Crippen molar-refractivity contribution in [2.45, 2.75) is 45.4 Å². The van der Waals surface area contributed by atoms with E-state index in [4.69, 9.17) is 13.9 Å². The molecule has 204 valence electrons. The van der Waals surface area contributed by atoms with Crippen LogP contribution >= 0.6 is 0 Å². The summed E-state index contributed by atoms with van der Waals surface area (Å²) in [6.45, 7) is 5.52. The topological polar surface area (TPSA) is 125 Å². The summed E-state index contributed by atoms with van der Waals surface area (Å²) in [4.78, 5) is 30.0. The molecule has 2 aromatic heterocycles. The molecular formula is C28H32N6O5. The van der Waals surface area contributed by atoms with Gasteiger partial charge in [0.15, 0.2) is 6.04 Å². The van der Waals surface area contributed by atoms with Crippen LogP contribution in [-0.4, -0.2) is 56.7 Å². The Kier molecular flexibility index (Phi) is 8.28. The second-order valence-corrected chi connectivity index (χ2v) is 9.90. The van der Waals surface area contributed by atoms with Gasteiger partial charge in [-0.2, -0.15) is 4.80 Å². The van der Waals surface area contributed by atoms with Crippen molar-refractivity contribution in [3.05, 3.63) is 78.3 Å². The SMILES string of the molecule is COc1ccc(CN(C(=O)Cn2nnc(-c3ccc(OC)cc3)n2)[C@@H](C(=O)NC(C)(C)C)c2ccco2)cc1. The lowest BCUT2D eigenvalue weighted by Crippen LogP contribution is -2.49. The Labute approximate surface area is 226 Å². The van der Waals surface area contributed by atoms with Gasteiger partial charge in [0, 0.05) is 17.6 Å². The molecule has 0 unspecified atom stereocenters. The number of carbonyl (C=O) groups is 2. The van der Waals surface area contributed by atoms with Gasteiger partial charge in [-0.1, -0.05) is 12.1 Å². The van der Waals surface area contributed by atoms with Crippen molar-refractivity contribution >= 4 is 11.8 Å². The minimum Gasteiger partial charge on any atom is -0.497 e. The van der Waals surface area contributed by atoms with E-state index in [-0.39, 0.29) is 19.0 Å². The quantitative estimate of drug-likeness (QED) is 0.328. The molecule has 0 saturated heterocycles. The van der Waals surface area contributed by atoms with Crippen molar-refractivity contribution in [2.24, 2.45) is 0 Å². The summed E-state index contributed by atoms with van der Waals surface area (Å²) in [7, 11) is 3.17. The Morgan fingerprint density at radius 1 is 1.00 bits per heavy atom. The minimum absolute atomic E-state index is 0.131. The number of carbonyl (C=O) groups excluding carboxylic acids is 2. The first kappa shape index (κ1) is 27.4. The predicted octanol–water partition coefficient (Wildman–Crippen LogP) is 3.64. The minimum atomic E-state index is -1.03. The van der Waals surface area contributed by atoms with Crippen LogP contribution in [0.4, 0.5) is 0 Å². The Balaban J connectivity index is 1.64. The molecular weight excluding hydrogens is 500 g/mol. The fourth-order valence-corrected chi connectivity index (χ4v) is 3.94. The molecule has 0 bridgehead atoms. The molecule has 4 rings (SSSR count). The third-order valence-corrected chi connectivity index (χ3v) is 5.78. The first-order valence-electron chi connectivity index (χ1n) is 12.4. The largest absolute Gasteiger partial charge is 0.497 e. The molecule has 0 spiro atoms. The summed E-state index contributed by atoms with van der Waals surface area (Å²) < 4.78 is 16.1. The van der Waals surface area contributed by atoms with Crippen LogP contribution in [0.2, 0.25) is 0 Å². The van der Waals surface area contributed by atoms with Gasteiger partial charge in [-0.3, -0.25) is 9.59 Å². The van der Waals surface area contributed by atoms with E-state index in [1.165, 1.54) is 16.0 Å². The summed E-state index contributed by atoms with van der Waals surface area (Å²) >= 11 is 0. The summed E-state index contributed by atoms with van der Waals surface area (Å²) in [5, 5.41) is 15.5. The average Bonchev–Trinajstić information content (AvgIpc) is 3.60. The van der Waals surface area contributed by atoms with Crippen LogP contribution < -0.4 is 14.8 Å². The highest BCUT2D eigenvalue weighted by atomic mass is 16.5. The summed E-state index contributed by atoms with van der Waals surface area (Å²) in [5.74, 6) is 1.32. The maximum Gasteiger partial charge on any atom is 0.251 e. The highest BCUT2D eigenvalue weighted by molar-refractivity contribution is 5.88. The Morgan fingerprint density at radius 3 is 2.21 bits per heavy atom. The van der Waals surface area contributed by atoms with Gasteiger partial charge in [-0.25, -0.2) is 0 Å². The highest BCUT2D eigenvalue weighted by Crippen LogP contribution is 2.26. The van der Waals surface area contributed by atoms with Crippen molar-refractivity contribution in [2.75, 3.05) is 14.2 Å². The number of nitrogens with one attached hydrogen (secondary N) is 1. The van der Waals surface area contributed by atoms with Gasteiger partial charge in [0.2, 0.25) is 11.7 Å². The molecule has 1 atom stereocenters. The molecule has 0 fully saturated rings. The normalized spacial score (nSPS) is 12.0.